The average molecular weight is 207 g/mol. The molecule has 2 nitrogen and oxygen atoms in total. The van der Waals surface area contributed by atoms with Gasteiger partial charge in [-0.1, -0.05) is 25.4 Å². The summed E-state index contributed by atoms with van der Waals surface area (Å²) in [6.07, 6.45) is 1.15. The van der Waals surface area contributed by atoms with Crippen LogP contribution in [0.25, 0.3) is 0 Å². The minimum Gasteiger partial charge on any atom is -0.239 e. The predicted molar refractivity (Wildman–Crippen MR) is 55.1 cm³/mol. The van der Waals surface area contributed by atoms with E-state index in [4.69, 9.17) is 16.9 Å². The fourth-order valence-electron chi connectivity index (χ4n) is 1.70. The van der Waals surface area contributed by atoms with E-state index in [1.54, 1.807) is 6.07 Å². The van der Waals surface area contributed by atoms with Crippen molar-refractivity contribution in [3.05, 3.63) is 28.5 Å². The number of pyridine rings is 1. The third-order valence-electron chi connectivity index (χ3n) is 2.86. The number of aromatic nitrogens is 1. The van der Waals surface area contributed by atoms with E-state index in [9.17, 15) is 0 Å². The minimum atomic E-state index is 0.327. The van der Waals surface area contributed by atoms with Gasteiger partial charge in [-0.2, -0.15) is 5.26 Å². The third-order valence-corrected chi connectivity index (χ3v) is 3.15. The second-order valence-electron chi connectivity index (χ2n) is 4.43. The van der Waals surface area contributed by atoms with Crippen LogP contribution in [0, 0.1) is 16.7 Å². The fraction of sp³-hybridized carbons (Fsp3) is 0.455. The summed E-state index contributed by atoms with van der Waals surface area (Å²) in [5.74, 6) is 0.507. The van der Waals surface area contributed by atoms with Crippen molar-refractivity contribution in [3.63, 3.8) is 0 Å². The van der Waals surface area contributed by atoms with Crippen LogP contribution in [-0.4, -0.2) is 4.98 Å². The maximum absolute atomic E-state index is 8.69. The smallest absolute Gasteiger partial charge is 0.147 e. The van der Waals surface area contributed by atoms with E-state index < -0.39 is 0 Å². The van der Waals surface area contributed by atoms with Gasteiger partial charge >= 0.3 is 0 Å². The number of hydrogen-bond acceptors (Lipinski definition) is 2. The van der Waals surface area contributed by atoms with Gasteiger partial charge in [0.25, 0.3) is 0 Å². The van der Waals surface area contributed by atoms with Gasteiger partial charge in [-0.15, -0.1) is 0 Å². The Kier molecular flexibility index (Phi) is 2.01. The molecule has 0 spiro atoms. The standard InChI is InChI=1S/C11H11ClN2/c1-11(2)5-8(11)9-4-3-7(6-13)10(12)14-9/h3-4,8H,5H2,1-2H3. The molecule has 0 aromatic carbocycles. The van der Waals surface area contributed by atoms with Crippen LogP contribution in [-0.2, 0) is 0 Å². The van der Waals surface area contributed by atoms with Crippen molar-refractivity contribution in [2.45, 2.75) is 26.2 Å². The van der Waals surface area contributed by atoms with Crippen molar-refractivity contribution < 1.29 is 0 Å². The number of nitriles is 1. The first kappa shape index (κ1) is 9.48. The monoisotopic (exact) mass is 206 g/mol. The van der Waals surface area contributed by atoms with Gasteiger partial charge in [0.2, 0.25) is 0 Å². The van der Waals surface area contributed by atoms with E-state index in [1.165, 1.54) is 0 Å². The first-order valence-electron chi connectivity index (χ1n) is 4.61. The van der Waals surface area contributed by atoms with Crippen LogP contribution < -0.4 is 0 Å². The van der Waals surface area contributed by atoms with Crippen LogP contribution in [0.4, 0.5) is 0 Å². The molecule has 1 aliphatic carbocycles. The lowest BCUT2D eigenvalue weighted by molar-refractivity contribution is 0.616. The molecule has 0 N–H and O–H groups in total. The van der Waals surface area contributed by atoms with E-state index >= 15 is 0 Å². The van der Waals surface area contributed by atoms with Gasteiger partial charge in [-0.3, -0.25) is 0 Å². The first-order chi connectivity index (χ1) is 6.54. The summed E-state index contributed by atoms with van der Waals surface area (Å²) >= 11 is 5.86. The van der Waals surface area contributed by atoms with Crippen LogP contribution in [0.3, 0.4) is 0 Å². The topological polar surface area (TPSA) is 36.7 Å². The molecule has 0 bridgehead atoms. The maximum atomic E-state index is 8.69. The van der Waals surface area contributed by atoms with Crippen molar-refractivity contribution >= 4 is 11.6 Å². The van der Waals surface area contributed by atoms with Gasteiger partial charge < -0.3 is 0 Å². The molecule has 1 unspecified atom stereocenters. The van der Waals surface area contributed by atoms with Gasteiger partial charge in [0.05, 0.1) is 5.56 Å². The molecule has 14 heavy (non-hydrogen) atoms. The molecule has 0 saturated heterocycles. The second kappa shape index (κ2) is 2.96. The highest BCUT2D eigenvalue weighted by Gasteiger charge is 2.47. The zero-order chi connectivity index (χ0) is 10.3. The summed E-state index contributed by atoms with van der Waals surface area (Å²) in [5, 5.41) is 9.02. The highest BCUT2D eigenvalue weighted by atomic mass is 35.5. The fourth-order valence-corrected chi connectivity index (χ4v) is 1.90. The molecule has 0 amide bonds. The number of halogens is 1. The largest absolute Gasteiger partial charge is 0.239 e. The molecular weight excluding hydrogens is 196 g/mol. The summed E-state index contributed by atoms with van der Waals surface area (Å²) in [6, 6.07) is 5.66. The van der Waals surface area contributed by atoms with E-state index in [0.29, 0.717) is 22.0 Å². The Morgan fingerprint density at radius 2 is 2.21 bits per heavy atom. The Labute approximate surface area is 88.5 Å². The lowest BCUT2D eigenvalue weighted by atomic mass is 10.1. The summed E-state index contributed by atoms with van der Waals surface area (Å²) in [4.78, 5) is 4.24. The summed E-state index contributed by atoms with van der Waals surface area (Å²) < 4.78 is 0. The number of hydrogen-bond donors (Lipinski definition) is 0. The zero-order valence-electron chi connectivity index (χ0n) is 8.21. The molecule has 1 saturated carbocycles. The number of nitrogens with zero attached hydrogens (tertiary/aromatic N) is 2. The first-order valence-corrected chi connectivity index (χ1v) is 4.99. The minimum absolute atomic E-state index is 0.327. The summed E-state index contributed by atoms with van der Waals surface area (Å²) in [7, 11) is 0. The molecule has 0 aliphatic heterocycles. The van der Waals surface area contributed by atoms with Crippen LogP contribution >= 0.6 is 11.6 Å². The van der Waals surface area contributed by atoms with Crippen LogP contribution in [0.15, 0.2) is 12.1 Å². The quantitative estimate of drug-likeness (QED) is 0.662. The predicted octanol–water partition coefficient (Wildman–Crippen LogP) is 3.12. The molecular formula is C11H11ClN2. The molecule has 1 heterocycles. The Bertz CT molecular complexity index is 418. The molecule has 1 aromatic heterocycles. The SMILES string of the molecule is CC1(C)CC1c1ccc(C#N)c(Cl)n1. The zero-order valence-corrected chi connectivity index (χ0v) is 8.97. The van der Waals surface area contributed by atoms with Gasteiger partial charge in [0, 0.05) is 11.6 Å². The van der Waals surface area contributed by atoms with Gasteiger partial charge in [0.1, 0.15) is 11.2 Å². The van der Waals surface area contributed by atoms with Crippen molar-refractivity contribution in [3.8, 4) is 6.07 Å². The van der Waals surface area contributed by atoms with Crippen LogP contribution in [0.5, 0.6) is 0 Å². The normalized spacial score (nSPS) is 22.9. The van der Waals surface area contributed by atoms with Gasteiger partial charge in [0.15, 0.2) is 0 Å². The van der Waals surface area contributed by atoms with Crippen molar-refractivity contribution in [1.29, 1.82) is 5.26 Å². The molecule has 2 rings (SSSR count). The third kappa shape index (κ3) is 1.49. The van der Waals surface area contributed by atoms with Crippen LogP contribution in [0.1, 0.15) is 37.4 Å². The molecule has 72 valence electrons. The highest BCUT2D eigenvalue weighted by Crippen LogP contribution is 2.58. The molecule has 1 fully saturated rings. The van der Waals surface area contributed by atoms with E-state index in [-0.39, 0.29) is 0 Å². The Balaban J connectivity index is 2.32. The number of rotatable bonds is 1. The van der Waals surface area contributed by atoms with Gasteiger partial charge in [-0.05, 0) is 24.0 Å². The maximum Gasteiger partial charge on any atom is 0.147 e. The van der Waals surface area contributed by atoms with Crippen molar-refractivity contribution in [2.75, 3.05) is 0 Å². The van der Waals surface area contributed by atoms with Gasteiger partial charge in [-0.25, -0.2) is 4.98 Å². The lowest BCUT2D eigenvalue weighted by Gasteiger charge is -2.03. The molecule has 1 aliphatic rings. The van der Waals surface area contributed by atoms with E-state index in [0.717, 1.165) is 12.1 Å². The van der Waals surface area contributed by atoms with E-state index in [2.05, 4.69) is 18.8 Å². The van der Waals surface area contributed by atoms with E-state index in [1.807, 2.05) is 12.1 Å². The Morgan fingerprint density at radius 1 is 1.57 bits per heavy atom. The van der Waals surface area contributed by atoms with Crippen molar-refractivity contribution in [1.82, 2.24) is 4.98 Å². The summed E-state index contributed by atoms with van der Waals surface area (Å²) in [6.45, 7) is 4.43. The Hall–Kier alpha value is -1.07. The molecule has 3 heteroatoms. The molecule has 1 atom stereocenters. The molecule has 0 radical (unpaired) electrons. The second-order valence-corrected chi connectivity index (χ2v) is 4.79. The molecule has 1 aromatic rings. The van der Waals surface area contributed by atoms with Crippen LogP contribution in [0.2, 0.25) is 5.15 Å². The highest BCUT2D eigenvalue weighted by molar-refractivity contribution is 6.30. The lowest BCUT2D eigenvalue weighted by Crippen LogP contribution is -1.94. The Morgan fingerprint density at radius 3 is 2.64 bits per heavy atom. The average Bonchev–Trinajstić information content (AvgIpc) is 2.75. The van der Waals surface area contributed by atoms with Crippen molar-refractivity contribution in [2.24, 2.45) is 5.41 Å². The summed E-state index contributed by atoms with van der Waals surface area (Å²) in [5.41, 5.74) is 1.82.